The van der Waals surface area contributed by atoms with E-state index in [0.29, 0.717) is 11.8 Å². The van der Waals surface area contributed by atoms with E-state index in [9.17, 15) is 4.79 Å². The van der Waals surface area contributed by atoms with Gasteiger partial charge in [-0.15, -0.1) is 13.2 Å². The molecule has 2 nitrogen and oxygen atoms in total. The molecular formula is C19H35NO. The third kappa shape index (κ3) is 5.78. The minimum absolute atomic E-state index is 0.0682. The quantitative estimate of drug-likeness (QED) is 0.372. The first-order valence-electron chi connectivity index (χ1n) is 8.32. The summed E-state index contributed by atoms with van der Waals surface area (Å²) in [6.07, 6.45) is 9.72. The van der Waals surface area contributed by atoms with Crippen LogP contribution in [0.3, 0.4) is 0 Å². The van der Waals surface area contributed by atoms with E-state index in [0.717, 1.165) is 38.5 Å². The molecule has 0 atom stereocenters. The second-order valence-corrected chi connectivity index (χ2v) is 6.62. The zero-order valence-electron chi connectivity index (χ0n) is 14.8. The van der Waals surface area contributed by atoms with Crippen LogP contribution < -0.4 is 0 Å². The first-order valence-corrected chi connectivity index (χ1v) is 8.32. The maximum atomic E-state index is 13.0. The van der Waals surface area contributed by atoms with Crippen LogP contribution in [0.4, 0.5) is 0 Å². The van der Waals surface area contributed by atoms with Gasteiger partial charge in [-0.25, -0.2) is 0 Å². The predicted molar refractivity (Wildman–Crippen MR) is 93.6 cm³/mol. The number of nitrogens with zero attached hydrogens (tertiary/aromatic N) is 1. The lowest BCUT2D eigenvalue weighted by Gasteiger charge is -2.44. The number of rotatable bonds is 12. The minimum atomic E-state index is -0.339. The number of carbonyl (C=O) groups excluding carboxylic acids is 1. The van der Waals surface area contributed by atoms with Crippen LogP contribution in [0, 0.1) is 5.92 Å². The van der Waals surface area contributed by atoms with Gasteiger partial charge in [0.05, 0.1) is 5.54 Å². The van der Waals surface area contributed by atoms with E-state index in [1.807, 2.05) is 26.0 Å². The van der Waals surface area contributed by atoms with Crippen molar-refractivity contribution in [3.05, 3.63) is 25.3 Å². The standard InChI is InChI=1S/C19H35NO/c1-8-10-12-14-19(15-13-11-9-2,18(21)16(3)4)20(7)17(5)6/h8-9,16-17H,1-2,10-15H2,3-7H3. The topological polar surface area (TPSA) is 20.3 Å². The van der Waals surface area contributed by atoms with Crippen LogP contribution in [0.15, 0.2) is 25.3 Å². The molecule has 2 heteroatoms. The van der Waals surface area contributed by atoms with Crippen molar-refractivity contribution in [1.82, 2.24) is 4.90 Å². The van der Waals surface area contributed by atoms with Gasteiger partial charge in [-0.2, -0.15) is 0 Å². The molecule has 0 bridgehead atoms. The molecule has 122 valence electrons. The summed E-state index contributed by atoms with van der Waals surface area (Å²) in [4.78, 5) is 15.3. The van der Waals surface area contributed by atoms with Crippen LogP contribution >= 0.6 is 0 Å². The van der Waals surface area contributed by atoms with Crippen molar-refractivity contribution in [3.8, 4) is 0 Å². The normalized spacial score (nSPS) is 12.2. The van der Waals surface area contributed by atoms with E-state index in [2.05, 4.69) is 39.0 Å². The number of Topliss-reactive ketones (excluding diaryl/α,β-unsaturated/α-hetero) is 1. The molecule has 0 heterocycles. The van der Waals surface area contributed by atoms with Crippen LogP contribution in [0.25, 0.3) is 0 Å². The number of hydrogen-bond acceptors (Lipinski definition) is 2. The molecule has 0 aromatic heterocycles. The summed E-state index contributed by atoms with van der Waals surface area (Å²) in [5, 5.41) is 0. The van der Waals surface area contributed by atoms with Crippen molar-refractivity contribution in [1.29, 1.82) is 0 Å². The van der Waals surface area contributed by atoms with Crippen molar-refractivity contribution >= 4 is 5.78 Å². The molecule has 0 fully saturated rings. The summed E-state index contributed by atoms with van der Waals surface area (Å²) in [7, 11) is 2.10. The molecule has 0 radical (unpaired) electrons. The second kappa shape index (κ2) is 9.94. The highest BCUT2D eigenvalue weighted by Gasteiger charge is 2.42. The Balaban J connectivity index is 5.39. The first kappa shape index (κ1) is 20.1. The largest absolute Gasteiger partial charge is 0.297 e. The Morgan fingerprint density at radius 2 is 1.48 bits per heavy atom. The average Bonchev–Trinajstić information content (AvgIpc) is 2.44. The number of ketones is 1. The van der Waals surface area contributed by atoms with E-state index < -0.39 is 0 Å². The van der Waals surface area contributed by atoms with Gasteiger partial charge in [-0.1, -0.05) is 26.0 Å². The highest BCUT2D eigenvalue weighted by molar-refractivity contribution is 5.90. The lowest BCUT2D eigenvalue weighted by atomic mass is 9.77. The predicted octanol–water partition coefficient (Wildman–Crippen LogP) is 5.00. The Kier molecular flexibility index (Phi) is 9.52. The molecule has 0 aliphatic heterocycles. The fourth-order valence-corrected chi connectivity index (χ4v) is 3.01. The van der Waals surface area contributed by atoms with Gasteiger partial charge in [0, 0.05) is 12.0 Å². The highest BCUT2D eigenvalue weighted by atomic mass is 16.1. The molecular weight excluding hydrogens is 258 g/mol. The molecule has 0 aromatic rings. The lowest BCUT2D eigenvalue weighted by molar-refractivity contribution is -0.136. The van der Waals surface area contributed by atoms with Crippen LogP contribution in [0.5, 0.6) is 0 Å². The van der Waals surface area contributed by atoms with E-state index in [-0.39, 0.29) is 11.5 Å². The van der Waals surface area contributed by atoms with Crippen LogP contribution in [-0.2, 0) is 4.79 Å². The number of unbranched alkanes of at least 4 members (excludes halogenated alkanes) is 2. The lowest BCUT2D eigenvalue weighted by Crippen LogP contribution is -2.56. The van der Waals surface area contributed by atoms with Crippen LogP contribution in [0.2, 0.25) is 0 Å². The third-order valence-corrected chi connectivity index (χ3v) is 4.43. The van der Waals surface area contributed by atoms with E-state index in [1.54, 1.807) is 0 Å². The van der Waals surface area contributed by atoms with Gasteiger partial charge in [0.15, 0.2) is 5.78 Å². The Morgan fingerprint density at radius 3 is 1.76 bits per heavy atom. The van der Waals surface area contributed by atoms with Crippen molar-refractivity contribution < 1.29 is 4.79 Å². The number of likely N-dealkylation sites (N-methyl/N-ethyl adjacent to an activating group) is 1. The number of allylic oxidation sites excluding steroid dienone is 2. The zero-order valence-corrected chi connectivity index (χ0v) is 14.8. The molecule has 0 amide bonds. The molecule has 0 rings (SSSR count). The molecule has 0 aromatic carbocycles. The highest BCUT2D eigenvalue weighted by Crippen LogP contribution is 2.33. The third-order valence-electron chi connectivity index (χ3n) is 4.43. The minimum Gasteiger partial charge on any atom is -0.297 e. The van der Waals surface area contributed by atoms with Crippen molar-refractivity contribution in [3.63, 3.8) is 0 Å². The van der Waals surface area contributed by atoms with E-state index >= 15 is 0 Å². The fourth-order valence-electron chi connectivity index (χ4n) is 3.01. The van der Waals surface area contributed by atoms with Crippen LogP contribution in [-0.4, -0.2) is 29.3 Å². The molecule has 0 saturated carbocycles. The smallest absolute Gasteiger partial charge is 0.155 e. The average molecular weight is 293 g/mol. The number of carbonyl (C=O) groups is 1. The van der Waals surface area contributed by atoms with Crippen molar-refractivity contribution in [2.75, 3.05) is 7.05 Å². The van der Waals surface area contributed by atoms with Gasteiger partial charge >= 0.3 is 0 Å². The summed E-state index contributed by atoms with van der Waals surface area (Å²) in [5.74, 6) is 0.450. The van der Waals surface area contributed by atoms with Gasteiger partial charge in [0.1, 0.15) is 0 Å². The van der Waals surface area contributed by atoms with Crippen molar-refractivity contribution in [2.24, 2.45) is 5.92 Å². The van der Waals surface area contributed by atoms with Gasteiger partial charge in [0.25, 0.3) is 0 Å². The van der Waals surface area contributed by atoms with Gasteiger partial charge in [-0.05, 0) is 59.4 Å². The van der Waals surface area contributed by atoms with Gasteiger partial charge in [-0.3, -0.25) is 9.69 Å². The van der Waals surface area contributed by atoms with E-state index in [1.165, 1.54) is 0 Å². The van der Waals surface area contributed by atoms with Gasteiger partial charge in [0.2, 0.25) is 0 Å². The van der Waals surface area contributed by atoms with Gasteiger partial charge < -0.3 is 0 Å². The zero-order chi connectivity index (χ0) is 16.5. The monoisotopic (exact) mass is 293 g/mol. The summed E-state index contributed by atoms with van der Waals surface area (Å²) in [5.41, 5.74) is -0.339. The first-order chi connectivity index (χ1) is 9.83. The molecule has 0 aliphatic carbocycles. The summed E-state index contributed by atoms with van der Waals surface area (Å²) in [6, 6.07) is 0.361. The Hall–Kier alpha value is -0.890. The summed E-state index contributed by atoms with van der Waals surface area (Å²) >= 11 is 0. The molecule has 0 unspecified atom stereocenters. The number of hydrogen-bond donors (Lipinski definition) is 0. The Morgan fingerprint density at radius 1 is 1.05 bits per heavy atom. The second-order valence-electron chi connectivity index (χ2n) is 6.62. The maximum absolute atomic E-state index is 13.0. The van der Waals surface area contributed by atoms with Crippen LogP contribution in [0.1, 0.15) is 66.2 Å². The molecule has 0 saturated heterocycles. The van der Waals surface area contributed by atoms with E-state index in [4.69, 9.17) is 0 Å². The molecule has 0 N–H and O–H groups in total. The Labute approximate surface area is 132 Å². The Bertz CT molecular complexity index is 316. The fraction of sp³-hybridized carbons (Fsp3) is 0.737. The van der Waals surface area contributed by atoms with Crippen molar-refractivity contribution in [2.45, 2.75) is 77.8 Å². The molecule has 21 heavy (non-hydrogen) atoms. The molecule has 0 aliphatic rings. The SMILES string of the molecule is C=CCCCC(CCCC=C)(C(=O)C(C)C)N(C)C(C)C. The molecule has 0 spiro atoms. The summed E-state index contributed by atoms with van der Waals surface area (Å²) < 4.78 is 0. The maximum Gasteiger partial charge on any atom is 0.155 e. The summed E-state index contributed by atoms with van der Waals surface area (Å²) in [6.45, 7) is 16.0.